The van der Waals surface area contributed by atoms with E-state index in [-0.39, 0.29) is 0 Å². The van der Waals surface area contributed by atoms with Crippen molar-refractivity contribution in [2.45, 2.75) is 31.2 Å². The number of hydrogen-bond acceptors (Lipinski definition) is 2. The second-order valence-corrected chi connectivity index (χ2v) is 6.99. The highest BCUT2D eigenvalue weighted by molar-refractivity contribution is 7.16. The number of hydrogen-bond donors (Lipinski definition) is 1. The average Bonchev–Trinajstić information content (AvgIpc) is 2.79. The number of nitrogens with one attached hydrogen (secondary N) is 1. The van der Waals surface area contributed by atoms with E-state index in [2.05, 4.69) is 41.7 Å². The van der Waals surface area contributed by atoms with E-state index in [0.29, 0.717) is 6.04 Å². The molecule has 1 nitrogen and oxygen atoms in total. The third kappa shape index (κ3) is 3.38. The van der Waals surface area contributed by atoms with Crippen LogP contribution in [0.4, 0.5) is 0 Å². The Kier molecular flexibility index (Phi) is 4.21. The van der Waals surface area contributed by atoms with Gasteiger partial charge in [-0.15, -0.1) is 11.3 Å². The lowest BCUT2D eigenvalue weighted by Crippen LogP contribution is -2.40. The maximum atomic E-state index is 5.93. The molecule has 0 aliphatic heterocycles. The molecule has 0 amide bonds. The molecule has 3 rings (SSSR count). The van der Waals surface area contributed by atoms with Gasteiger partial charge in [-0.2, -0.15) is 0 Å². The van der Waals surface area contributed by atoms with Crippen LogP contribution >= 0.6 is 22.9 Å². The highest BCUT2D eigenvalue weighted by Gasteiger charge is 2.29. The maximum Gasteiger partial charge on any atom is 0.0931 e. The molecule has 1 aromatic heterocycles. The predicted octanol–water partition coefficient (Wildman–Crippen LogP) is 4.48. The minimum absolute atomic E-state index is 0.695. The van der Waals surface area contributed by atoms with Gasteiger partial charge in [-0.05, 0) is 42.9 Å². The van der Waals surface area contributed by atoms with Crippen LogP contribution in [-0.2, 0) is 6.42 Å². The topological polar surface area (TPSA) is 12.0 Å². The van der Waals surface area contributed by atoms with E-state index in [1.54, 1.807) is 11.3 Å². The summed E-state index contributed by atoms with van der Waals surface area (Å²) in [6.07, 6.45) is 3.63. The number of thiophene rings is 1. The van der Waals surface area contributed by atoms with Crippen molar-refractivity contribution in [2.75, 3.05) is 6.54 Å². The van der Waals surface area contributed by atoms with Gasteiger partial charge in [-0.25, -0.2) is 0 Å². The van der Waals surface area contributed by atoms with Gasteiger partial charge in [0.25, 0.3) is 0 Å². The lowest BCUT2D eigenvalue weighted by molar-refractivity contribution is 0.293. The largest absolute Gasteiger partial charge is 0.314 e. The molecule has 0 bridgehead atoms. The Morgan fingerprint density at radius 3 is 2.58 bits per heavy atom. The van der Waals surface area contributed by atoms with Gasteiger partial charge in [-0.3, -0.25) is 0 Å². The molecule has 1 aromatic carbocycles. The Labute approximate surface area is 123 Å². The average molecular weight is 292 g/mol. The summed E-state index contributed by atoms with van der Waals surface area (Å²) in [5.74, 6) is 0.759. The molecule has 1 fully saturated rings. The van der Waals surface area contributed by atoms with Crippen molar-refractivity contribution in [3.8, 4) is 0 Å². The lowest BCUT2D eigenvalue weighted by Gasteiger charge is -2.36. The van der Waals surface area contributed by atoms with Crippen molar-refractivity contribution < 1.29 is 0 Å². The van der Waals surface area contributed by atoms with Crippen LogP contribution in [0.1, 0.15) is 29.2 Å². The number of benzene rings is 1. The highest BCUT2D eigenvalue weighted by Crippen LogP contribution is 2.36. The summed E-state index contributed by atoms with van der Waals surface area (Å²) < 4.78 is 0.891. The quantitative estimate of drug-likeness (QED) is 0.856. The summed E-state index contributed by atoms with van der Waals surface area (Å²) in [7, 11) is 0. The van der Waals surface area contributed by atoms with E-state index in [0.717, 1.165) is 23.2 Å². The van der Waals surface area contributed by atoms with E-state index in [4.69, 9.17) is 11.6 Å². The Morgan fingerprint density at radius 1 is 1.11 bits per heavy atom. The van der Waals surface area contributed by atoms with Crippen molar-refractivity contribution in [3.63, 3.8) is 0 Å². The Bertz CT molecular complexity index is 517. The van der Waals surface area contributed by atoms with Crippen LogP contribution < -0.4 is 5.32 Å². The first-order valence-corrected chi connectivity index (χ1v) is 8.03. The van der Waals surface area contributed by atoms with E-state index >= 15 is 0 Å². The molecule has 19 heavy (non-hydrogen) atoms. The van der Waals surface area contributed by atoms with Crippen molar-refractivity contribution in [1.82, 2.24) is 5.32 Å². The molecule has 1 aliphatic carbocycles. The molecular weight excluding hydrogens is 274 g/mol. The van der Waals surface area contributed by atoms with Crippen LogP contribution in [0.2, 0.25) is 4.34 Å². The Balaban J connectivity index is 1.38. The molecule has 1 N–H and O–H groups in total. The molecule has 1 saturated carbocycles. The molecule has 0 spiro atoms. The smallest absolute Gasteiger partial charge is 0.0931 e. The van der Waals surface area contributed by atoms with Crippen molar-refractivity contribution in [3.05, 3.63) is 57.2 Å². The minimum atomic E-state index is 0.695. The first-order valence-electron chi connectivity index (χ1n) is 6.84. The van der Waals surface area contributed by atoms with Crippen LogP contribution in [0.3, 0.4) is 0 Å². The summed E-state index contributed by atoms with van der Waals surface area (Å²) in [5.41, 5.74) is 1.49. The monoisotopic (exact) mass is 291 g/mol. The summed E-state index contributed by atoms with van der Waals surface area (Å²) in [6, 6.07) is 15.7. The van der Waals surface area contributed by atoms with Crippen LogP contribution in [0, 0.1) is 0 Å². The predicted molar refractivity (Wildman–Crippen MR) is 83.2 cm³/mol. The third-order valence-corrected chi connectivity index (χ3v) is 5.13. The first-order chi connectivity index (χ1) is 9.31. The fraction of sp³-hybridized carbons (Fsp3) is 0.375. The Morgan fingerprint density at radius 2 is 1.89 bits per heavy atom. The highest BCUT2D eigenvalue weighted by atomic mass is 35.5. The van der Waals surface area contributed by atoms with Gasteiger partial charge in [0.05, 0.1) is 4.34 Å². The summed E-state index contributed by atoms with van der Waals surface area (Å²) >= 11 is 7.61. The normalized spacial score (nSPS) is 22.2. The fourth-order valence-electron chi connectivity index (χ4n) is 2.67. The van der Waals surface area contributed by atoms with Crippen molar-refractivity contribution >= 4 is 22.9 Å². The van der Waals surface area contributed by atoms with Crippen molar-refractivity contribution in [2.24, 2.45) is 0 Å². The molecule has 1 heterocycles. The molecule has 0 saturated heterocycles. The zero-order valence-corrected chi connectivity index (χ0v) is 12.4. The van der Waals surface area contributed by atoms with Gasteiger partial charge in [0.1, 0.15) is 0 Å². The minimum Gasteiger partial charge on any atom is -0.314 e. The van der Waals surface area contributed by atoms with Gasteiger partial charge >= 0.3 is 0 Å². The fourth-order valence-corrected chi connectivity index (χ4v) is 3.75. The standard InChI is InChI=1S/C16H18ClNS/c17-16-7-6-15(19-16)8-9-18-14-10-13(11-14)12-4-2-1-3-5-12/h1-7,13-14,18H,8-11H2. The zero-order valence-electron chi connectivity index (χ0n) is 10.8. The van der Waals surface area contributed by atoms with Crippen molar-refractivity contribution in [1.29, 1.82) is 0 Å². The first kappa shape index (κ1) is 13.2. The molecule has 0 unspecified atom stereocenters. The van der Waals surface area contributed by atoms with E-state index in [1.807, 2.05) is 6.07 Å². The molecule has 0 radical (unpaired) electrons. The van der Waals surface area contributed by atoms with E-state index in [1.165, 1.54) is 23.3 Å². The SMILES string of the molecule is Clc1ccc(CCNC2CC(c3ccccc3)C2)s1. The van der Waals surface area contributed by atoms with Gasteiger partial charge in [0.15, 0.2) is 0 Å². The molecular formula is C16H18ClNS. The van der Waals surface area contributed by atoms with Gasteiger partial charge in [0.2, 0.25) is 0 Å². The second kappa shape index (κ2) is 6.08. The van der Waals surface area contributed by atoms with Gasteiger partial charge < -0.3 is 5.32 Å². The van der Waals surface area contributed by atoms with Crippen LogP contribution in [-0.4, -0.2) is 12.6 Å². The van der Waals surface area contributed by atoms with Crippen LogP contribution in [0.25, 0.3) is 0 Å². The molecule has 1 aliphatic rings. The summed E-state index contributed by atoms with van der Waals surface area (Å²) in [5, 5.41) is 3.64. The Hall–Kier alpha value is -0.830. The van der Waals surface area contributed by atoms with Gasteiger partial charge in [-0.1, -0.05) is 41.9 Å². The summed E-state index contributed by atoms with van der Waals surface area (Å²) in [4.78, 5) is 1.37. The number of rotatable bonds is 5. The van der Waals surface area contributed by atoms with Crippen LogP contribution in [0.15, 0.2) is 42.5 Å². The zero-order chi connectivity index (χ0) is 13.1. The lowest BCUT2D eigenvalue weighted by atomic mass is 9.76. The maximum absolute atomic E-state index is 5.93. The second-order valence-electron chi connectivity index (χ2n) is 5.19. The van der Waals surface area contributed by atoms with E-state index in [9.17, 15) is 0 Å². The van der Waals surface area contributed by atoms with Crippen LogP contribution in [0.5, 0.6) is 0 Å². The van der Waals surface area contributed by atoms with Gasteiger partial charge in [0, 0.05) is 17.5 Å². The molecule has 0 atom stereocenters. The summed E-state index contributed by atoms with van der Waals surface area (Å²) in [6.45, 7) is 1.06. The molecule has 2 aromatic rings. The van der Waals surface area contributed by atoms with E-state index < -0.39 is 0 Å². The molecule has 3 heteroatoms. The third-order valence-electron chi connectivity index (χ3n) is 3.84. The molecule has 100 valence electrons. The number of halogens is 1.